The molecule has 0 fully saturated rings. The zero-order valence-electron chi connectivity index (χ0n) is 25.8. The van der Waals surface area contributed by atoms with Crippen LogP contribution in [0.25, 0.3) is 0 Å². The van der Waals surface area contributed by atoms with Gasteiger partial charge in [0.1, 0.15) is 23.9 Å². The molecule has 4 atom stereocenters. The van der Waals surface area contributed by atoms with Crippen LogP contribution in [-0.2, 0) is 51.4 Å². The number of fused-ring (bicyclic) bond motifs is 1. The minimum atomic E-state index is -1.22. The molecule has 0 unspecified atom stereocenters. The van der Waals surface area contributed by atoms with Crippen molar-refractivity contribution in [3.8, 4) is 5.75 Å². The van der Waals surface area contributed by atoms with Gasteiger partial charge in [-0.15, -0.1) is 0 Å². The predicted molar refractivity (Wildman–Crippen MR) is 176 cm³/mol. The van der Waals surface area contributed by atoms with Crippen molar-refractivity contribution in [3.05, 3.63) is 137 Å². The van der Waals surface area contributed by atoms with E-state index in [1.54, 1.807) is 36.4 Å². The number of hydrogen-bond donors (Lipinski definition) is 5. The van der Waals surface area contributed by atoms with Gasteiger partial charge in [0.2, 0.25) is 17.7 Å². The molecule has 5 rings (SSSR count). The monoisotopic (exact) mass is 634 g/mol. The van der Waals surface area contributed by atoms with E-state index < -0.39 is 47.9 Å². The Morgan fingerprint density at radius 2 is 1.23 bits per heavy atom. The van der Waals surface area contributed by atoms with Crippen molar-refractivity contribution in [3.63, 3.8) is 0 Å². The minimum Gasteiger partial charge on any atom is -0.508 e. The summed E-state index contributed by atoms with van der Waals surface area (Å²) < 4.78 is 0. The van der Waals surface area contributed by atoms with Crippen LogP contribution in [0.2, 0.25) is 0 Å². The molecule has 10 heteroatoms. The highest BCUT2D eigenvalue weighted by Crippen LogP contribution is 2.25. The fraction of sp³-hybridized carbons (Fsp3) is 0.243. The summed E-state index contributed by atoms with van der Waals surface area (Å²) in [5.41, 5.74) is 10.4. The molecule has 0 saturated carbocycles. The van der Waals surface area contributed by atoms with Crippen molar-refractivity contribution in [2.24, 2.45) is 5.73 Å². The number of nitrogens with one attached hydrogen (secondary N) is 2. The van der Waals surface area contributed by atoms with Crippen LogP contribution in [0.4, 0.5) is 0 Å². The Morgan fingerprint density at radius 1 is 0.702 bits per heavy atom. The van der Waals surface area contributed by atoms with Gasteiger partial charge in [-0.05, 0) is 46.4 Å². The first-order chi connectivity index (χ1) is 22.7. The van der Waals surface area contributed by atoms with Crippen molar-refractivity contribution >= 4 is 23.7 Å². The molecule has 0 bridgehead atoms. The van der Waals surface area contributed by atoms with Crippen molar-refractivity contribution in [2.45, 2.75) is 56.4 Å². The Balaban J connectivity index is 1.38. The Labute approximate surface area is 273 Å². The summed E-state index contributed by atoms with van der Waals surface area (Å²) in [6.07, 6.45) is 0.579. The molecule has 0 aromatic heterocycles. The largest absolute Gasteiger partial charge is 0.508 e. The first-order valence-corrected chi connectivity index (χ1v) is 15.5. The second-order valence-electron chi connectivity index (χ2n) is 11.8. The molecule has 0 radical (unpaired) electrons. The fourth-order valence-electron chi connectivity index (χ4n) is 5.82. The smallest absolute Gasteiger partial charge is 0.326 e. The number of nitrogens with two attached hydrogens (primary N) is 1. The van der Waals surface area contributed by atoms with Crippen LogP contribution in [0.3, 0.4) is 0 Å². The van der Waals surface area contributed by atoms with Gasteiger partial charge in [-0.25, -0.2) is 4.79 Å². The van der Waals surface area contributed by atoms with Gasteiger partial charge in [-0.1, -0.05) is 97.1 Å². The van der Waals surface area contributed by atoms with Crippen molar-refractivity contribution in [1.82, 2.24) is 15.5 Å². The van der Waals surface area contributed by atoms with Gasteiger partial charge < -0.3 is 31.5 Å². The lowest BCUT2D eigenvalue weighted by Gasteiger charge is -2.38. The topological polar surface area (TPSA) is 162 Å². The van der Waals surface area contributed by atoms with Crippen LogP contribution in [0, 0.1) is 0 Å². The molecule has 0 saturated heterocycles. The Hall–Kier alpha value is -5.48. The van der Waals surface area contributed by atoms with Crippen LogP contribution in [0.5, 0.6) is 5.75 Å². The number of amides is 3. The highest BCUT2D eigenvalue weighted by Gasteiger charge is 2.38. The Bertz CT molecular complexity index is 1700. The number of carbonyl (C=O) groups excluding carboxylic acids is 3. The summed E-state index contributed by atoms with van der Waals surface area (Å²) in [5.74, 6) is -2.72. The SMILES string of the molecule is N[C@H](Cc1ccc(O)cc1)C(=O)N1Cc2ccccc2C[C@@H]1C(=O)N[C@H](Cc1ccccc1)C(=O)N[C@@H](Cc1ccccc1)C(=O)O. The van der Waals surface area contributed by atoms with Crippen molar-refractivity contribution in [2.75, 3.05) is 0 Å². The highest BCUT2D eigenvalue weighted by molar-refractivity contribution is 5.94. The Kier molecular flexibility index (Phi) is 10.6. The van der Waals surface area contributed by atoms with Crippen LogP contribution < -0.4 is 16.4 Å². The summed E-state index contributed by atoms with van der Waals surface area (Å²) >= 11 is 0. The normalized spacial score (nSPS) is 15.9. The average molecular weight is 635 g/mol. The molecule has 1 aliphatic heterocycles. The third-order valence-corrected chi connectivity index (χ3v) is 8.36. The van der Waals surface area contributed by atoms with E-state index in [-0.39, 0.29) is 38.0 Å². The molecule has 242 valence electrons. The standard InChI is InChI=1S/C37H38N4O6/c38-30(19-26-15-17-29(42)18-16-26)36(45)41-23-28-14-8-7-13-27(28)22-33(41)35(44)39-31(20-24-9-3-1-4-10-24)34(43)40-32(37(46)47)21-25-11-5-2-6-12-25/h1-18,30-33,42H,19-23,38H2,(H,39,44)(H,40,43)(H,46,47)/t30-,31-,32+,33-/m1/s1. The predicted octanol–water partition coefficient (Wildman–Crippen LogP) is 2.76. The second kappa shape index (κ2) is 15.2. The minimum absolute atomic E-state index is 0.0640. The number of carbonyl (C=O) groups is 4. The highest BCUT2D eigenvalue weighted by atomic mass is 16.4. The number of rotatable bonds is 12. The van der Waals surface area contributed by atoms with Crippen molar-refractivity contribution in [1.29, 1.82) is 0 Å². The molecular formula is C37H38N4O6. The summed E-state index contributed by atoms with van der Waals surface area (Å²) in [4.78, 5) is 55.2. The maximum Gasteiger partial charge on any atom is 0.326 e. The van der Waals surface area contributed by atoms with E-state index in [0.717, 1.165) is 27.8 Å². The zero-order valence-corrected chi connectivity index (χ0v) is 25.8. The fourth-order valence-corrected chi connectivity index (χ4v) is 5.82. The first kappa shape index (κ1) is 32.9. The Morgan fingerprint density at radius 3 is 1.83 bits per heavy atom. The maximum atomic E-state index is 14.1. The number of nitrogens with zero attached hydrogens (tertiary/aromatic N) is 1. The summed E-state index contributed by atoms with van der Waals surface area (Å²) in [6, 6.07) is 27.8. The van der Waals surface area contributed by atoms with Crippen LogP contribution in [0.1, 0.15) is 27.8 Å². The molecule has 10 nitrogen and oxygen atoms in total. The third-order valence-electron chi connectivity index (χ3n) is 8.36. The number of aromatic hydroxyl groups is 1. The van der Waals surface area contributed by atoms with E-state index >= 15 is 0 Å². The van der Waals surface area contributed by atoms with Gasteiger partial charge in [0.25, 0.3) is 0 Å². The summed E-state index contributed by atoms with van der Waals surface area (Å²) in [5, 5.41) is 25.0. The molecule has 3 amide bonds. The molecule has 6 N–H and O–H groups in total. The molecule has 4 aromatic rings. The molecule has 4 aromatic carbocycles. The van der Waals surface area contributed by atoms with E-state index in [9.17, 15) is 29.4 Å². The van der Waals surface area contributed by atoms with Gasteiger partial charge in [-0.3, -0.25) is 14.4 Å². The van der Waals surface area contributed by atoms with Gasteiger partial charge in [0.05, 0.1) is 6.04 Å². The number of hydrogen-bond acceptors (Lipinski definition) is 6. The number of aliphatic carboxylic acids is 1. The van der Waals surface area contributed by atoms with Crippen LogP contribution >= 0.6 is 0 Å². The van der Waals surface area contributed by atoms with E-state index in [1.807, 2.05) is 60.7 Å². The van der Waals surface area contributed by atoms with E-state index in [1.165, 1.54) is 17.0 Å². The van der Waals surface area contributed by atoms with Gasteiger partial charge in [-0.2, -0.15) is 0 Å². The van der Waals surface area contributed by atoms with E-state index in [0.29, 0.717) is 0 Å². The molecule has 1 aliphatic rings. The van der Waals surface area contributed by atoms with Crippen LogP contribution in [0.15, 0.2) is 109 Å². The lowest BCUT2D eigenvalue weighted by molar-refractivity contribution is -0.144. The number of carboxylic acid groups (broad SMARTS) is 1. The van der Waals surface area contributed by atoms with Gasteiger partial charge >= 0.3 is 5.97 Å². The zero-order chi connectivity index (χ0) is 33.3. The van der Waals surface area contributed by atoms with Crippen molar-refractivity contribution < 1.29 is 29.4 Å². The van der Waals surface area contributed by atoms with E-state index in [4.69, 9.17) is 5.73 Å². The first-order valence-electron chi connectivity index (χ1n) is 15.5. The quantitative estimate of drug-likeness (QED) is 0.160. The maximum absolute atomic E-state index is 14.1. The molecule has 1 heterocycles. The third kappa shape index (κ3) is 8.62. The van der Waals surface area contributed by atoms with E-state index in [2.05, 4.69) is 10.6 Å². The van der Waals surface area contributed by atoms with Gasteiger partial charge in [0.15, 0.2) is 0 Å². The molecular weight excluding hydrogens is 596 g/mol. The lowest BCUT2D eigenvalue weighted by atomic mass is 9.92. The number of benzene rings is 4. The van der Waals surface area contributed by atoms with Crippen LogP contribution in [-0.4, -0.2) is 63.0 Å². The van der Waals surface area contributed by atoms with Gasteiger partial charge in [0, 0.05) is 25.8 Å². The molecule has 47 heavy (non-hydrogen) atoms. The second-order valence-corrected chi connectivity index (χ2v) is 11.8. The number of phenolic OH excluding ortho intramolecular Hbond substituents is 1. The molecule has 0 aliphatic carbocycles. The summed E-state index contributed by atoms with van der Waals surface area (Å²) in [6.45, 7) is 0.157. The number of phenols is 1. The number of carboxylic acids is 1. The summed E-state index contributed by atoms with van der Waals surface area (Å²) in [7, 11) is 0. The lowest BCUT2D eigenvalue weighted by Crippen LogP contribution is -2.60. The molecule has 0 spiro atoms. The average Bonchev–Trinajstić information content (AvgIpc) is 3.08.